The van der Waals surface area contributed by atoms with Crippen molar-refractivity contribution >= 4 is 18.0 Å². The molecule has 3 aromatic rings. The average Bonchev–Trinajstić information content (AvgIpc) is 3.26. The van der Waals surface area contributed by atoms with E-state index in [1.165, 1.54) is 6.08 Å². The normalized spacial score (nSPS) is 10.9. The minimum absolute atomic E-state index is 0.176. The van der Waals surface area contributed by atoms with E-state index in [1.807, 2.05) is 66.2 Å². The van der Waals surface area contributed by atoms with Gasteiger partial charge in [-0.1, -0.05) is 24.3 Å². The zero-order valence-electron chi connectivity index (χ0n) is 19.0. The van der Waals surface area contributed by atoms with E-state index in [1.54, 1.807) is 19.5 Å². The number of hydrogen-bond donors (Lipinski definition) is 2. The number of carboxylic acid groups (broad SMARTS) is 1. The second-order valence-corrected chi connectivity index (χ2v) is 6.94. The smallest absolute Gasteiger partial charge is 0.490 e. The van der Waals surface area contributed by atoms with Crippen LogP contribution in [0.3, 0.4) is 0 Å². The van der Waals surface area contributed by atoms with Gasteiger partial charge in [-0.2, -0.15) is 13.2 Å². The number of aliphatic carboxylic acids is 1. The highest BCUT2D eigenvalue weighted by molar-refractivity contribution is 5.91. The van der Waals surface area contributed by atoms with Crippen LogP contribution in [0.25, 0.3) is 11.8 Å². The molecular weight excluding hydrogens is 467 g/mol. The molecule has 0 radical (unpaired) electrons. The molecule has 1 amide bonds. The first-order valence-electron chi connectivity index (χ1n) is 10.2. The number of imidazole rings is 1. The van der Waals surface area contributed by atoms with E-state index >= 15 is 0 Å². The van der Waals surface area contributed by atoms with Crippen LogP contribution >= 0.6 is 0 Å². The van der Waals surface area contributed by atoms with Crippen molar-refractivity contribution in [1.82, 2.24) is 14.9 Å². The average molecular weight is 491 g/mol. The number of alkyl halides is 3. The fourth-order valence-corrected chi connectivity index (χ4v) is 2.65. The van der Waals surface area contributed by atoms with Gasteiger partial charge < -0.3 is 24.5 Å². The molecule has 0 saturated carbocycles. The number of carbonyl (C=O) groups is 2. The molecule has 0 bridgehead atoms. The molecule has 0 aliphatic rings. The third-order valence-corrected chi connectivity index (χ3v) is 4.28. The molecule has 0 saturated heterocycles. The lowest BCUT2D eigenvalue weighted by atomic mass is 10.1. The van der Waals surface area contributed by atoms with Gasteiger partial charge in [-0.25, -0.2) is 9.78 Å². The summed E-state index contributed by atoms with van der Waals surface area (Å²) in [6.45, 7) is 2.78. The van der Waals surface area contributed by atoms with Crippen molar-refractivity contribution < 1.29 is 37.3 Å². The van der Waals surface area contributed by atoms with E-state index in [0.29, 0.717) is 18.9 Å². The first-order chi connectivity index (χ1) is 16.6. The molecule has 11 heteroatoms. The van der Waals surface area contributed by atoms with Crippen molar-refractivity contribution in [2.24, 2.45) is 0 Å². The Morgan fingerprint density at radius 3 is 2.43 bits per heavy atom. The Kier molecular flexibility index (Phi) is 9.88. The first kappa shape index (κ1) is 27.0. The number of rotatable bonds is 8. The first-order valence-corrected chi connectivity index (χ1v) is 10.2. The van der Waals surface area contributed by atoms with Crippen molar-refractivity contribution in [1.29, 1.82) is 0 Å². The van der Waals surface area contributed by atoms with Crippen LogP contribution in [-0.4, -0.2) is 53.0 Å². The number of nitrogens with one attached hydrogen (secondary N) is 1. The summed E-state index contributed by atoms with van der Waals surface area (Å²) in [7, 11) is 1.62. The number of ether oxygens (including phenoxy) is 2. The summed E-state index contributed by atoms with van der Waals surface area (Å²) in [6.07, 6.45) is 1.84. The highest BCUT2D eigenvalue weighted by Gasteiger charge is 2.38. The molecule has 0 aliphatic heterocycles. The number of para-hydroxylation sites is 1. The number of methoxy groups -OCH3 is 1. The molecule has 186 valence electrons. The standard InChI is InChI=1S/C22H23N3O3.C2HF3O2/c1-17-15-25(16-24-17)20-10-8-18(14-21(20)27-2)9-11-22(26)23-12-13-28-19-6-4-3-5-7-19;3-2(4,5)1(6)7/h3-11,14-16H,12-13H2,1-2H3,(H,23,26);(H,6,7). The molecule has 0 atom stereocenters. The van der Waals surface area contributed by atoms with Gasteiger partial charge in [0.05, 0.1) is 31.4 Å². The van der Waals surface area contributed by atoms with Crippen LogP contribution in [0.1, 0.15) is 11.3 Å². The van der Waals surface area contributed by atoms with Crippen LogP contribution in [0.2, 0.25) is 0 Å². The molecule has 0 spiro atoms. The van der Waals surface area contributed by atoms with Gasteiger partial charge >= 0.3 is 12.1 Å². The summed E-state index contributed by atoms with van der Waals surface area (Å²) in [5.74, 6) is -1.44. The van der Waals surface area contributed by atoms with Crippen LogP contribution in [0.15, 0.2) is 67.1 Å². The SMILES string of the molecule is COc1cc(C=CC(=O)NCCOc2ccccc2)ccc1-n1cnc(C)c1.O=C(O)C(F)(F)F. The highest BCUT2D eigenvalue weighted by atomic mass is 19.4. The van der Waals surface area contributed by atoms with Crippen molar-refractivity contribution in [3.8, 4) is 17.2 Å². The molecule has 0 aliphatic carbocycles. The maximum atomic E-state index is 12.0. The zero-order valence-corrected chi connectivity index (χ0v) is 19.0. The minimum Gasteiger partial charge on any atom is -0.495 e. The number of carboxylic acids is 1. The number of nitrogens with zero attached hydrogens (tertiary/aromatic N) is 2. The van der Waals surface area contributed by atoms with Gasteiger partial charge in [-0.15, -0.1) is 0 Å². The van der Waals surface area contributed by atoms with Gasteiger partial charge in [0.15, 0.2) is 0 Å². The van der Waals surface area contributed by atoms with E-state index in [-0.39, 0.29) is 5.91 Å². The fraction of sp³-hybridized carbons (Fsp3) is 0.208. The summed E-state index contributed by atoms with van der Waals surface area (Å²) in [5, 5.41) is 9.92. The molecule has 3 rings (SSSR count). The van der Waals surface area contributed by atoms with Crippen LogP contribution in [0.5, 0.6) is 11.5 Å². The minimum atomic E-state index is -5.08. The summed E-state index contributed by atoms with van der Waals surface area (Å²) < 4.78 is 44.7. The van der Waals surface area contributed by atoms with Crippen molar-refractivity contribution in [2.45, 2.75) is 13.1 Å². The van der Waals surface area contributed by atoms with Crippen molar-refractivity contribution in [2.75, 3.05) is 20.3 Å². The van der Waals surface area contributed by atoms with Gasteiger partial charge in [0.1, 0.15) is 18.1 Å². The summed E-state index contributed by atoms with van der Waals surface area (Å²) in [6, 6.07) is 15.2. The molecule has 8 nitrogen and oxygen atoms in total. The van der Waals surface area contributed by atoms with E-state index in [2.05, 4.69) is 10.3 Å². The molecule has 0 fully saturated rings. The van der Waals surface area contributed by atoms with Gasteiger partial charge in [0.25, 0.3) is 0 Å². The number of aromatic nitrogens is 2. The number of aryl methyl sites for hydroxylation is 1. The lowest BCUT2D eigenvalue weighted by molar-refractivity contribution is -0.192. The quantitative estimate of drug-likeness (QED) is 0.364. The van der Waals surface area contributed by atoms with E-state index in [4.69, 9.17) is 19.4 Å². The van der Waals surface area contributed by atoms with E-state index in [9.17, 15) is 18.0 Å². The summed E-state index contributed by atoms with van der Waals surface area (Å²) >= 11 is 0. The van der Waals surface area contributed by atoms with Crippen molar-refractivity contribution in [3.05, 3.63) is 78.4 Å². The van der Waals surface area contributed by atoms with Crippen LogP contribution in [0.4, 0.5) is 13.2 Å². The maximum absolute atomic E-state index is 12.0. The zero-order chi connectivity index (χ0) is 25.8. The Labute approximate surface area is 199 Å². The second-order valence-electron chi connectivity index (χ2n) is 6.94. The third-order valence-electron chi connectivity index (χ3n) is 4.28. The molecule has 1 aromatic heterocycles. The Balaban J connectivity index is 0.000000540. The van der Waals surface area contributed by atoms with Gasteiger partial charge in [0, 0.05) is 12.3 Å². The molecule has 2 N–H and O–H groups in total. The van der Waals surface area contributed by atoms with Crippen molar-refractivity contribution in [3.63, 3.8) is 0 Å². The van der Waals surface area contributed by atoms with Crippen LogP contribution < -0.4 is 14.8 Å². The predicted molar refractivity (Wildman–Crippen MR) is 123 cm³/mol. The molecule has 35 heavy (non-hydrogen) atoms. The summed E-state index contributed by atoms with van der Waals surface area (Å²) in [4.78, 5) is 25.1. The number of amides is 1. The lowest BCUT2D eigenvalue weighted by Gasteiger charge is -2.10. The number of benzene rings is 2. The molecular formula is C24H24F3N3O5. The predicted octanol–water partition coefficient (Wildman–Crippen LogP) is 4.03. The van der Waals surface area contributed by atoms with Gasteiger partial charge in [-0.05, 0) is 42.8 Å². The topological polar surface area (TPSA) is 103 Å². The van der Waals surface area contributed by atoms with E-state index < -0.39 is 12.1 Å². The van der Waals surface area contributed by atoms with E-state index in [0.717, 1.165) is 22.7 Å². The number of halogens is 3. The largest absolute Gasteiger partial charge is 0.495 e. The van der Waals surface area contributed by atoms with Crippen LogP contribution in [-0.2, 0) is 9.59 Å². The van der Waals surface area contributed by atoms with Crippen LogP contribution in [0, 0.1) is 6.92 Å². The second kappa shape index (κ2) is 12.8. The monoisotopic (exact) mass is 491 g/mol. The highest BCUT2D eigenvalue weighted by Crippen LogP contribution is 2.25. The van der Waals surface area contributed by atoms with Gasteiger partial charge in [-0.3, -0.25) is 4.79 Å². The summed E-state index contributed by atoms with van der Waals surface area (Å²) in [5.41, 5.74) is 2.69. The lowest BCUT2D eigenvalue weighted by Crippen LogP contribution is -2.26. The maximum Gasteiger partial charge on any atom is 0.490 e. The Bertz CT molecular complexity index is 1140. The molecule has 2 aromatic carbocycles. The number of carbonyl (C=O) groups excluding carboxylic acids is 1. The van der Waals surface area contributed by atoms with Gasteiger partial charge in [0.2, 0.25) is 5.91 Å². The third kappa shape index (κ3) is 9.24. The molecule has 1 heterocycles. The Morgan fingerprint density at radius 2 is 1.86 bits per heavy atom. The number of hydrogen-bond acceptors (Lipinski definition) is 5. The fourth-order valence-electron chi connectivity index (χ4n) is 2.65. The molecule has 0 unspecified atom stereocenters. The Morgan fingerprint density at radius 1 is 1.17 bits per heavy atom. The Hall–Kier alpha value is -4.28.